The molecule has 0 spiro atoms. The van der Waals surface area contributed by atoms with Gasteiger partial charge in [-0.3, -0.25) is 9.10 Å². The van der Waals surface area contributed by atoms with E-state index in [0.29, 0.717) is 17.0 Å². The molecule has 2 aliphatic rings. The summed E-state index contributed by atoms with van der Waals surface area (Å²) in [6.45, 7) is 3.92. The highest BCUT2D eigenvalue weighted by molar-refractivity contribution is 7.92. The summed E-state index contributed by atoms with van der Waals surface area (Å²) in [6, 6.07) is 13.5. The summed E-state index contributed by atoms with van der Waals surface area (Å²) in [5.41, 5.74) is 0.981. The molecule has 2 saturated heterocycles. The topological polar surface area (TPSA) is 70.2 Å². The Morgan fingerprint density at radius 3 is 2.41 bits per heavy atom. The molecule has 0 aromatic heterocycles. The molecule has 1 atom stereocenters. The van der Waals surface area contributed by atoms with Gasteiger partial charge in [0.05, 0.1) is 17.7 Å². The summed E-state index contributed by atoms with van der Waals surface area (Å²) in [5, 5.41) is 0. The Morgan fingerprint density at radius 1 is 1.03 bits per heavy atom. The average molecular weight is 458 g/mol. The number of amides is 1. The van der Waals surface area contributed by atoms with E-state index in [0.717, 1.165) is 39.0 Å². The molecule has 2 aromatic carbocycles. The molecular weight excluding hydrogens is 426 g/mol. The molecule has 172 valence electrons. The number of anilines is 1. The number of likely N-dealkylation sites (tertiary alicyclic amines) is 2. The summed E-state index contributed by atoms with van der Waals surface area (Å²) < 4.78 is 32.8. The minimum Gasteiger partial charge on any atom is -0.495 e. The van der Waals surface area contributed by atoms with E-state index in [1.165, 1.54) is 43.4 Å². The SMILES string of the molecule is COc1ccccc1N(C)S(=O)(=O)c1ccc(C(=O)N2CCCC2CN2CCCC2)cc1. The molecule has 7 nitrogen and oxygen atoms in total. The Hall–Kier alpha value is -2.58. The third-order valence-electron chi connectivity index (χ3n) is 6.49. The number of hydrogen-bond acceptors (Lipinski definition) is 5. The van der Waals surface area contributed by atoms with Crippen molar-refractivity contribution in [2.75, 3.05) is 44.6 Å². The summed E-state index contributed by atoms with van der Waals surface area (Å²) in [4.78, 5) is 17.7. The first-order valence-corrected chi connectivity index (χ1v) is 12.6. The molecule has 1 unspecified atom stereocenters. The van der Waals surface area contributed by atoms with E-state index < -0.39 is 10.0 Å². The van der Waals surface area contributed by atoms with Crippen LogP contribution >= 0.6 is 0 Å². The van der Waals surface area contributed by atoms with Crippen molar-refractivity contribution in [1.29, 1.82) is 0 Å². The number of para-hydroxylation sites is 2. The number of benzene rings is 2. The van der Waals surface area contributed by atoms with Crippen LogP contribution in [0, 0.1) is 0 Å². The summed E-state index contributed by atoms with van der Waals surface area (Å²) >= 11 is 0. The lowest BCUT2D eigenvalue weighted by Crippen LogP contribution is -2.42. The number of hydrogen-bond donors (Lipinski definition) is 0. The van der Waals surface area contributed by atoms with Crippen molar-refractivity contribution in [2.24, 2.45) is 0 Å². The number of sulfonamides is 1. The number of nitrogens with zero attached hydrogens (tertiary/aromatic N) is 3. The molecule has 2 fully saturated rings. The van der Waals surface area contributed by atoms with Gasteiger partial charge in [-0.25, -0.2) is 8.42 Å². The summed E-state index contributed by atoms with van der Waals surface area (Å²) in [6.07, 6.45) is 4.51. The first kappa shape index (κ1) is 22.6. The highest BCUT2D eigenvalue weighted by Crippen LogP contribution is 2.31. The highest BCUT2D eigenvalue weighted by atomic mass is 32.2. The van der Waals surface area contributed by atoms with Gasteiger partial charge in [0.1, 0.15) is 5.75 Å². The quantitative estimate of drug-likeness (QED) is 0.639. The molecule has 2 aliphatic heterocycles. The largest absolute Gasteiger partial charge is 0.495 e. The Kier molecular flexibility index (Phi) is 6.71. The zero-order chi connectivity index (χ0) is 22.7. The molecule has 2 heterocycles. The van der Waals surface area contributed by atoms with Crippen LogP contribution < -0.4 is 9.04 Å². The van der Waals surface area contributed by atoms with Gasteiger partial charge in [0, 0.05) is 31.7 Å². The van der Waals surface area contributed by atoms with Crippen LogP contribution in [0.2, 0.25) is 0 Å². The van der Waals surface area contributed by atoms with Crippen LogP contribution in [0.3, 0.4) is 0 Å². The van der Waals surface area contributed by atoms with Gasteiger partial charge in [0.25, 0.3) is 15.9 Å². The third kappa shape index (κ3) is 4.47. The minimum atomic E-state index is -3.79. The second-order valence-corrected chi connectivity index (χ2v) is 10.4. The van der Waals surface area contributed by atoms with Gasteiger partial charge in [-0.05, 0) is 75.2 Å². The van der Waals surface area contributed by atoms with E-state index in [1.807, 2.05) is 4.90 Å². The summed E-state index contributed by atoms with van der Waals surface area (Å²) in [7, 11) is -0.782. The first-order chi connectivity index (χ1) is 15.4. The number of carbonyl (C=O) groups excluding carboxylic acids is 1. The standard InChI is InChI=1S/C24H31N3O4S/c1-25(22-9-3-4-10-23(22)31-2)32(29,30)21-13-11-19(12-14-21)24(28)27-17-7-8-20(27)18-26-15-5-6-16-26/h3-4,9-14,20H,5-8,15-18H2,1-2H3. The van der Waals surface area contributed by atoms with E-state index in [-0.39, 0.29) is 16.8 Å². The van der Waals surface area contributed by atoms with Crippen LogP contribution in [-0.2, 0) is 10.0 Å². The van der Waals surface area contributed by atoms with Crippen LogP contribution in [0.15, 0.2) is 53.4 Å². The average Bonchev–Trinajstić information content (AvgIpc) is 3.50. The molecule has 1 amide bonds. The van der Waals surface area contributed by atoms with Crippen LogP contribution in [0.1, 0.15) is 36.0 Å². The van der Waals surface area contributed by atoms with Crippen LogP contribution in [0.5, 0.6) is 5.75 Å². The van der Waals surface area contributed by atoms with Gasteiger partial charge in [0.2, 0.25) is 0 Å². The second kappa shape index (κ2) is 9.50. The van der Waals surface area contributed by atoms with E-state index >= 15 is 0 Å². The number of ether oxygens (including phenoxy) is 1. The monoisotopic (exact) mass is 457 g/mol. The summed E-state index contributed by atoms with van der Waals surface area (Å²) in [5.74, 6) is 0.456. The van der Waals surface area contributed by atoms with E-state index in [9.17, 15) is 13.2 Å². The lowest BCUT2D eigenvalue weighted by Gasteiger charge is -2.28. The Bertz CT molecular complexity index is 1050. The first-order valence-electron chi connectivity index (χ1n) is 11.2. The van der Waals surface area contributed by atoms with Crippen LogP contribution in [0.4, 0.5) is 5.69 Å². The molecule has 4 rings (SSSR count). The molecule has 0 radical (unpaired) electrons. The zero-order valence-corrected chi connectivity index (χ0v) is 19.6. The lowest BCUT2D eigenvalue weighted by atomic mass is 10.1. The fourth-order valence-electron chi connectivity index (χ4n) is 4.67. The van der Waals surface area contributed by atoms with Crippen molar-refractivity contribution in [2.45, 2.75) is 36.6 Å². The van der Waals surface area contributed by atoms with Gasteiger partial charge < -0.3 is 14.5 Å². The Balaban J connectivity index is 1.50. The van der Waals surface area contributed by atoms with E-state index in [1.54, 1.807) is 36.4 Å². The van der Waals surface area contributed by atoms with E-state index in [4.69, 9.17) is 4.74 Å². The molecular formula is C24H31N3O4S. The molecule has 8 heteroatoms. The van der Waals surface area contributed by atoms with Crippen molar-refractivity contribution in [3.8, 4) is 5.75 Å². The van der Waals surface area contributed by atoms with Gasteiger partial charge in [-0.2, -0.15) is 0 Å². The number of rotatable bonds is 7. The molecule has 0 bridgehead atoms. The molecule has 32 heavy (non-hydrogen) atoms. The van der Waals surface area contributed by atoms with Gasteiger partial charge in [-0.1, -0.05) is 12.1 Å². The maximum Gasteiger partial charge on any atom is 0.264 e. The van der Waals surface area contributed by atoms with Gasteiger partial charge >= 0.3 is 0 Å². The maximum absolute atomic E-state index is 13.2. The van der Waals surface area contributed by atoms with Crippen molar-refractivity contribution in [3.05, 3.63) is 54.1 Å². The lowest BCUT2D eigenvalue weighted by molar-refractivity contribution is 0.0708. The van der Waals surface area contributed by atoms with Gasteiger partial charge in [-0.15, -0.1) is 0 Å². The maximum atomic E-state index is 13.2. The predicted octanol–water partition coefficient (Wildman–Crippen LogP) is 3.22. The number of carbonyl (C=O) groups is 1. The van der Waals surface area contributed by atoms with E-state index in [2.05, 4.69) is 4.90 Å². The predicted molar refractivity (Wildman–Crippen MR) is 125 cm³/mol. The molecule has 0 aliphatic carbocycles. The smallest absolute Gasteiger partial charge is 0.264 e. The third-order valence-corrected chi connectivity index (χ3v) is 8.28. The van der Waals surface area contributed by atoms with Crippen LogP contribution in [0.25, 0.3) is 0 Å². The molecule has 0 N–H and O–H groups in total. The Morgan fingerprint density at radius 2 is 1.72 bits per heavy atom. The van der Waals surface area contributed by atoms with Crippen molar-refractivity contribution < 1.29 is 17.9 Å². The highest BCUT2D eigenvalue weighted by Gasteiger charge is 2.32. The number of methoxy groups -OCH3 is 1. The van der Waals surface area contributed by atoms with Crippen LogP contribution in [-0.4, -0.2) is 70.5 Å². The second-order valence-electron chi connectivity index (χ2n) is 8.47. The molecule has 0 saturated carbocycles. The van der Waals surface area contributed by atoms with Crippen molar-refractivity contribution in [1.82, 2.24) is 9.80 Å². The fraction of sp³-hybridized carbons (Fsp3) is 0.458. The Labute approximate surface area is 190 Å². The normalized spacial score (nSPS) is 19.3. The fourth-order valence-corrected chi connectivity index (χ4v) is 5.87. The minimum absolute atomic E-state index is 0.0197. The van der Waals surface area contributed by atoms with Crippen molar-refractivity contribution >= 4 is 21.6 Å². The molecule has 2 aromatic rings. The van der Waals surface area contributed by atoms with Gasteiger partial charge in [0.15, 0.2) is 0 Å². The zero-order valence-electron chi connectivity index (χ0n) is 18.7. The van der Waals surface area contributed by atoms with Crippen molar-refractivity contribution in [3.63, 3.8) is 0 Å².